The van der Waals surface area contributed by atoms with Crippen LogP contribution in [-0.4, -0.2) is 17.6 Å². The van der Waals surface area contributed by atoms with Crippen molar-refractivity contribution in [3.63, 3.8) is 0 Å². The maximum atomic E-state index is 12.2. The van der Waals surface area contributed by atoms with Crippen molar-refractivity contribution in [3.8, 4) is 0 Å². The van der Waals surface area contributed by atoms with E-state index in [1.54, 1.807) is 0 Å². The van der Waals surface area contributed by atoms with Crippen LogP contribution in [0.5, 0.6) is 0 Å². The molecule has 3 unspecified atom stereocenters. The van der Waals surface area contributed by atoms with Crippen LogP contribution in [0, 0.1) is 17.8 Å². The number of fused-ring (bicyclic) bond motifs is 2. The predicted molar refractivity (Wildman–Crippen MR) is 78.0 cm³/mol. The van der Waals surface area contributed by atoms with Gasteiger partial charge in [0.15, 0.2) is 0 Å². The molecule has 2 aliphatic rings. The van der Waals surface area contributed by atoms with Crippen LogP contribution in [-0.2, 0) is 4.79 Å². The lowest BCUT2D eigenvalue weighted by Gasteiger charge is -2.23. The molecule has 0 heterocycles. The van der Waals surface area contributed by atoms with Gasteiger partial charge in [-0.3, -0.25) is 4.79 Å². The van der Waals surface area contributed by atoms with Gasteiger partial charge in [-0.1, -0.05) is 36.8 Å². The first-order valence-electron chi connectivity index (χ1n) is 7.71. The summed E-state index contributed by atoms with van der Waals surface area (Å²) in [6, 6.07) is 9.41. The summed E-state index contributed by atoms with van der Waals surface area (Å²) < 4.78 is 0. The lowest BCUT2D eigenvalue weighted by Crippen LogP contribution is -2.32. The van der Waals surface area contributed by atoms with E-state index in [1.807, 2.05) is 30.3 Å². The first-order valence-corrected chi connectivity index (χ1v) is 7.71. The summed E-state index contributed by atoms with van der Waals surface area (Å²) in [7, 11) is 0. The number of aliphatic hydroxyl groups excluding tert-OH is 1. The number of nitrogens with one attached hydrogen (secondary N) is 1. The van der Waals surface area contributed by atoms with E-state index in [0.29, 0.717) is 12.3 Å². The van der Waals surface area contributed by atoms with Crippen molar-refractivity contribution in [1.29, 1.82) is 0 Å². The zero-order valence-electron chi connectivity index (χ0n) is 11.8. The highest BCUT2D eigenvalue weighted by Crippen LogP contribution is 2.49. The molecular formula is C17H23NO2. The first-order chi connectivity index (χ1) is 9.76. The minimum absolute atomic E-state index is 0.0491. The van der Waals surface area contributed by atoms with Crippen molar-refractivity contribution in [3.05, 3.63) is 35.9 Å². The number of carbonyl (C=O) groups is 1. The lowest BCUT2D eigenvalue weighted by atomic mass is 9.86. The smallest absolute Gasteiger partial charge is 0.220 e. The molecule has 20 heavy (non-hydrogen) atoms. The number of carbonyl (C=O) groups excluding carboxylic acids is 1. The minimum Gasteiger partial charge on any atom is -0.394 e. The SMILES string of the molecule is O=C(CC1CC2CCC1C2)N[C@@H](CO)c1ccccc1. The van der Waals surface area contributed by atoms with Crippen LogP contribution in [0.2, 0.25) is 0 Å². The monoisotopic (exact) mass is 273 g/mol. The first kappa shape index (κ1) is 13.6. The lowest BCUT2D eigenvalue weighted by molar-refractivity contribution is -0.123. The molecule has 108 valence electrons. The number of amides is 1. The maximum absolute atomic E-state index is 12.2. The molecule has 2 N–H and O–H groups in total. The topological polar surface area (TPSA) is 49.3 Å². The van der Waals surface area contributed by atoms with Crippen molar-refractivity contribution in [2.45, 2.75) is 38.1 Å². The molecule has 0 radical (unpaired) electrons. The van der Waals surface area contributed by atoms with Gasteiger partial charge in [0.05, 0.1) is 12.6 Å². The zero-order valence-corrected chi connectivity index (χ0v) is 11.8. The average molecular weight is 273 g/mol. The summed E-state index contributed by atoms with van der Waals surface area (Å²) in [6.45, 7) is -0.0491. The molecule has 3 rings (SSSR count). The summed E-state index contributed by atoms with van der Waals surface area (Å²) in [5.41, 5.74) is 0.969. The van der Waals surface area contributed by atoms with Crippen LogP contribution >= 0.6 is 0 Å². The summed E-state index contributed by atoms with van der Waals surface area (Å²) >= 11 is 0. The summed E-state index contributed by atoms with van der Waals surface area (Å²) in [5, 5.41) is 12.5. The second-order valence-electron chi connectivity index (χ2n) is 6.35. The van der Waals surface area contributed by atoms with E-state index >= 15 is 0 Å². The van der Waals surface area contributed by atoms with E-state index in [0.717, 1.165) is 17.4 Å². The number of rotatable bonds is 5. The fourth-order valence-electron chi connectivity index (χ4n) is 4.04. The molecule has 4 atom stereocenters. The van der Waals surface area contributed by atoms with E-state index in [9.17, 15) is 9.90 Å². The van der Waals surface area contributed by atoms with Gasteiger partial charge >= 0.3 is 0 Å². The van der Waals surface area contributed by atoms with Crippen LogP contribution in [0.1, 0.15) is 43.7 Å². The van der Waals surface area contributed by atoms with Gasteiger partial charge in [-0.05, 0) is 42.6 Å². The van der Waals surface area contributed by atoms with Gasteiger partial charge in [-0.2, -0.15) is 0 Å². The Morgan fingerprint density at radius 2 is 2.05 bits per heavy atom. The summed E-state index contributed by atoms with van der Waals surface area (Å²) in [6.07, 6.45) is 5.87. The molecule has 2 aliphatic carbocycles. The standard InChI is InChI=1S/C17H23NO2/c19-11-16(13-4-2-1-3-5-13)18-17(20)10-15-9-12-6-7-14(15)8-12/h1-5,12,14-16,19H,6-11H2,(H,18,20)/t12?,14?,15?,16-/m0/s1. The second-order valence-corrected chi connectivity index (χ2v) is 6.35. The van der Waals surface area contributed by atoms with Crippen molar-refractivity contribution in [1.82, 2.24) is 5.32 Å². The van der Waals surface area contributed by atoms with E-state index < -0.39 is 0 Å². The largest absolute Gasteiger partial charge is 0.394 e. The summed E-state index contributed by atoms with van der Waals surface area (Å²) in [5.74, 6) is 2.31. The number of hydrogen-bond donors (Lipinski definition) is 2. The number of benzene rings is 1. The molecule has 0 aromatic heterocycles. The van der Waals surface area contributed by atoms with Crippen LogP contribution in [0.4, 0.5) is 0 Å². The Morgan fingerprint density at radius 1 is 1.25 bits per heavy atom. The maximum Gasteiger partial charge on any atom is 0.220 e. The molecule has 3 nitrogen and oxygen atoms in total. The normalized spacial score (nSPS) is 29.4. The van der Waals surface area contributed by atoms with Gasteiger partial charge < -0.3 is 10.4 Å². The number of aliphatic hydroxyl groups is 1. The Kier molecular flexibility index (Phi) is 4.06. The Balaban J connectivity index is 1.55. The average Bonchev–Trinajstić information content (AvgIpc) is 3.08. The Labute approximate surface area is 120 Å². The third-order valence-electron chi connectivity index (χ3n) is 5.05. The van der Waals surface area contributed by atoms with E-state index in [2.05, 4.69) is 5.32 Å². The van der Waals surface area contributed by atoms with Gasteiger partial charge in [0.2, 0.25) is 5.91 Å². The molecular weight excluding hydrogens is 250 g/mol. The molecule has 0 aliphatic heterocycles. The molecule has 0 saturated heterocycles. The van der Waals surface area contributed by atoms with Crippen molar-refractivity contribution < 1.29 is 9.90 Å². The quantitative estimate of drug-likeness (QED) is 0.866. The van der Waals surface area contributed by atoms with Gasteiger partial charge in [-0.25, -0.2) is 0 Å². The Hall–Kier alpha value is -1.35. The molecule has 1 aromatic carbocycles. The Bertz CT molecular complexity index is 459. The highest BCUT2D eigenvalue weighted by molar-refractivity contribution is 5.76. The molecule has 1 aromatic rings. The van der Waals surface area contributed by atoms with Gasteiger partial charge in [0, 0.05) is 6.42 Å². The zero-order chi connectivity index (χ0) is 13.9. The van der Waals surface area contributed by atoms with Crippen LogP contribution < -0.4 is 5.32 Å². The predicted octanol–water partition coefficient (Wildman–Crippen LogP) is 2.66. The van der Waals surface area contributed by atoms with Gasteiger partial charge in [0.25, 0.3) is 0 Å². The third-order valence-corrected chi connectivity index (χ3v) is 5.05. The van der Waals surface area contributed by atoms with Crippen molar-refractivity contribution in [2.75, 3.05) is 6.61 Å². The molecule has 3 heteroatoms. The van der Waals surface area contributed by atoms with E-state index in [1.165, 1.54) is 25.7 Å². The molecule has 2 saturated carbocycles. The fourth-order valence-corrected chi connectivity index (χ4v) is 4.04. The van der Waals surface area contributed by atoms with Crippen LogP contribution in [0.15, 0.2) is 30.3 Å². The highest BCUT2D eigenvalue weighted by atomic mass is 16.3. The number of hydrogen-bond acceptors (Lipinski definition) is 2. The molecule has 2 bridgehead atoms. The van der Waals surface area contributed by atoms with Gasteiger partial charge in [0.1, 0.15) is 0 Å². The minimum atomic E-state index is -0.276. The van der Waals surface area contributed by atoms with Gasteiger partial charge in [-0.15, -0.1) is 0 Å². The molecule has 0 spiro atoms. The fraction of sp³-hybridized carbons (Fsp3) is 0.588. The van der Waals surface area contributed by atoms with Crippen molar-refractivity contribution in [2.24, 2.45) is 17.8 Å². The highest BCUT2D eigenvalue weighted by Gasteiger charge is 2.40. The molecule has 2 fully saturated rings. The third kappa shape index (κ3) is 2.88. The van der Waals surface area contributed by atoms with Crippen molar-refractivity contribution >= 4 is 5.91 Å². The van der Waals surface area contributed by atoms with E-state index in [4.69, 9.17) is 0 Å². The summed E-state index contributed by atoms with van der Waals surface area (Å²) in [4.78, 5) is 12.2. The second kappa shape index (κ2) is 5.96. The van der Waals surface area contributed by atoms with E-state index in [-0.39, 0.29) is 18.6 Å². The van der Waals surface area contributed by atoms with Crippen LogP contribution in [0.25, 0.3) is 0 Å². The molecule has 1 amide bonds. The Morgan fingerprint density at radius 3 is 2.65 bits per heavy atom. The van der Waals surface area contributed by atoms with Crippen LogP contribution in [0.3, 0.4) is 0 Å².